The fraction of sp³-hybridized carbons (Fsp3) is 0.350. The SMILES string of the molecule is Cc1cc(/C=N\NC(=O)C(=O)NC[C@H]2CCCO2)c(C)n1-c1ccccc1Cl. The lowest BCUT2D eigenvalue weighted by Crippen LogP contribution is -2.41. The Balaban J connectivity index is 1.61. The van der Waals surface area contributed by atoms with E-state index in [0.29, 0.717) is 18.2 Å². The highest BCUT2D eigenvalue weighted by atomic mass is 35.5. The summed E-state index contributed by atoms with van der Waals surface area (Å²) in [6, 6.07) is 9.50. The molecule has 1 atom stereocenters. The van der Waals surface area contributed by atoms with Crippen LogP contribution in [0.1, 0.15) is 29.8 Å². The Morgan fingerprint density at radius 3 is 2.82 bits per heavy atom. The van der Waals surface area contributed by atoms with Crippen LogP contribution < -0.4 is 10.7 Å². The lowest BCUT2D eigenvalue weighted by molar-refractivity contribution is -0.139. The minimum atomic E-state index is -0.811. The number of carbonyl (C=O) groups is 2. The Morgan fingerprint density at radius 1 is 1.32 bits per heavy atom. The van der Waals surface area contributed by atoms with Crippen molar-refractivity contribution in [3.63, 3.8) is 0 Å². The van der Waals surface area contributed by atoms with Gasteiger partial charge in [-0.2, -0.15) is 5.10 Å². The van der Waals surface area contributed by atoms with Crippen molar-refractivity contribution in [2.45, 2.75) is 32.8 Å². The standard InChI is InChI=1S/C20H23ClN4O3/c1-13-10-15(14(2)25(13)18-8-4-3-7-17(18)21)11-23-24-20(27)19(26)22-12-16-6-5-9-28-16/h3-4,7-8,10-11,16H,5-6,9,12H2,1-2H3,(H,22,26)(H,24,27)/b23-11-/t16-/m1/s1. The number of rotatable bonds is 5. The van der Waals surface area contributed by atoms with Crippen LogP contribution in [0.25, 0.3) is 5.69 Å². The van der Waals surface area contributed by atoms with E-state index in [0.717, 1.165) is 35.5 Å². The molecule has 1 aromatic heterocycles. The molecule has 1 aliphatic rings. The van der Waals surface area contributed by atoms with Gasteiger partial charge >= 0.3 is 11.8 Å². The van der Waals surface area contributed by atoms with Gasteiger partial charge in [-0.1, -0.05) is 23.7 Å². The molecule has 28 heavy (non-hydrogen) atoms. The van der Waals surface area contributed by atoms with Gasteiger partial charge in [0.1, 0.15) is 0 Å². The summed E-state index contributed by atoms with van der Waals surface area (Å²) in [7, 11) is 0. The Hall–Kier alpha value is -2.64. The fourth-order valence-corrected chi connectivity index (χ4v) is 3.45. The van der Waals surface area contributed by atoms with Crippen LogP contribution in [0.15, 0.2) is 35.4 Å². The molecule has 148 valence electrons. The highest BCUT2D eigenvalue weighted by molar-refractivity contribution is 6.35. The van der Waals surface area contributed by atoms with E-state index < -0.39 is 11.8 Å². The predicted octanol–water partition coefficient (Wildman–Crippen LogP) is 2.49. The van der Waals surface area contributed by atoms with Crippen molar-refractivity contribution in [2.75, 3.05) is 13.2 Å². The number of halogens is 1. The summed E-state index contributed by atoms with van der Waals surface area (Å²) in [5, 5.41) is 7.11. The van der Waals surface area contributed by atoms with E-state index in [1.54, 1.807) is 0 Å². The molecule has 8 heteroatoms. The molecule has 3 rings (SSSR count). The third-order valence-electron chi connectivity index (χ3n) is 4.65. The van der Waals surface area contributed by atoms with E-state index in [1.165, 1.54) is 6.21 Å². The van der Waals surface area contributed by atoms with Crippen LogP contribution in [0.2, 0.25) is 5.02 Å². The van der Waals surface area contributed by atoms with Gasteiger partial charge in [0.15, 0.2) is 0 Å². The second-order valence-electron chi connectivity index (χ2n) is 6.66. The van der Waals surface area contributed by atoms with E-state index in [-0.39, 0.29) is 6.10 Å². The lowest BCUT2D eigenvalue weighted by atomic mass is 10.2. The molecule has 1 fully saturated rings. The second-order valence-corrected chi connectivity index (χ2v) is 7.06. The zero-order valence-electron chi connectivity index (χ0n) is 15.9. The van der Waals surface area contributed by atoms with Crippen LogP contribution >= 0.6 is 11.6 Å². The molecule has 0 aliphatic carbocycles. The first-order valence-electron chi connectivity index (χ1n) is 9.14. The summed E-state index contributed by atoms with van der Waals surface area (Å²) in [6.07, 6.45) is 3.36. The Kier molecular flexibility index (Phi) is 6.49. The smallest absolute Gasteiger partial charge is 0.329 e. The number of hydrogen-bond donors (Lipinski definition) is 2. The molecule has 1 saturated heterocycles. The maximum absolute atomic E-state index is 11.9. The van der Waals surface area contributed by atoms with Gasteiger partial charge in [0.25, 0.3) is 0 Å². The van der Waals surface area contributed by atoms with Crippen molar-refractivity contribution in [3.05, 3.63) is 52.3 Å². The largest absolute Gasteiger partial charge is 0.376 e. The first kappa shape index (κ1) is 20.1. The van der Waals surface area contributed by atoms with Crippen LogP contribution in [-0.2, 0) is 14.3 Å². The van der Waals surface area contributed by atoms with Gasteiger partial charge in [-0.25, -0.2) is 5.43 Å². The number of carbonyl (C=O) groups excluding carboxylic acids is 2. The molecule has 0 radical (unpaired) electrons. The number of para-hydroxylation sites is 1. The van der Waals surface area contributed by atoms with Crippen molar-refractivity contribution < 1.29 is 14.3 Å². The predicted molar refractivity (Wildman–Crippen MR) is 108 cm³/mol. The maximum atomic E-state index is 11.9. The molecule has 2 aromatic rings. The summed E-state index contributed by atoms with van der Waals surface area (Å²) in [4.78, 5) is 23.7. The van der Waals surface area contributed by atoms with Gasteiger partial charge in [-0.3, -0.25) is 9.59 Å². The molecule has 0 bridgehead atoms. The van der Waals surface area contributed by atoms with E-state index in [1.807, 2.05) is 48.7 Å². The van der Waals surface area contributed by atoms with Gasteiger partial charge in [-0.15, -0.1) is 0 Å². The first-order chi connectivity index (χ1) is 13.5. The topological polar surface area (TPSA) is 84.7 Å². The van der Waals surface area contributed by atoms with Crippen molar-refractivity contribution >= 4 is 29.6 Å². The minimum absolute atomic E-state index is 0.0181. The van der Waals surface area contributed by atoms with Gasteiger partial charge < -0.3 is 14.6 Å². The minimum Gasteiger partial charge on any atom is -0.376 e. The number of nitrogens with one attached hydrogen (secondary N) is 2. The average molecular weight is 403 g/mol. The van der Waals surface area contributed by atoms with Crippen molar-refractivity contribution in [2.24, 2.45) is 5.10 Å². The molecular formula is C20H23ClN4O3. The zero-order chi connectivity index (χ0) is 20.1. The summed E-state index contributed by atoms with van der Waals surface area (Å²) in [5.74, 6) is -1.54. The van der Waals surface area contributed by atoms with Crippen LogP contribution in [0, 0.1) is 13.8 Å². The number of aryl methyl sites for hydroxylation is 1. The molecule has 2 N–H and O–H groups in total. The molecule has 0 spiro atoms. The third kappa shape index (κ3) is 4.61. The number of aromatic nitrogens is 1. The molecule has 1 aromatic carbocycles. The lowest BCUT2D eigenvalue weighted by Gasteiger charge is -2.11. The van der Waals surface area contributed by atoms with Crippen LogP contribution in [0.3, 0.4) is 0 Å². The molecule has 0 saturated carbocycles. The number of hydrogen-bond acceptors (Lipinski definition) is 4. The van der Waals surface area contributed by atoms with Gasteiger partial charge in [0.05, 0.1) is 23.0 Å². The summed E-state index contributed by atoms with van der Waals surface area (Å²) in [6.45, 7) is 4.93. The van der Waals surface area contributed by atoms with Crippen molar-refractivity contribution in [1.82, 2.24) is 15.3 Å². The third-order valence-corrected chi connectivity index (χ3v) is 4.97. The first-order valence-corrected chi connectivity index (χ1v) is 9.52. The molecular weight excluding hydrogens is 380 g/mol. The van der Waals surface area contributed by atoms with Gasteiger partial charge in [0.2, 0.25) is 0 Å². The Morgan fingerprint density at radius 2 is 2.11 bits per heavy atom. The number of hydrazone groups is 1. The maximum Gasteiger partial charge on any atom is 0.329 e. The summed E-state index contributed by atoms with van der Waals surface area (Å²) >= 11 is 6.30. The van der Waals surface area contributed by atoms with E-state index in [4.69, 9.17) is 16.3 Å². The van der Waals surface area contributed by atoms with Crippen molar-refractivity contribution in [1.29, 1.82) is 0 Å². The molecule has 0 unspecified atom stereocenters. The Bertz CT molecular complexity index is 901. The van der Waals surface area contributed by atoms with Crippen molar-refractivity contribution in [3.8, 4) is 5.69 Å². The monoisotopic (exact) mass is 402 g/mol. The summed E-state index contributed by atoms with van der Waals surface area (Å²) in [5.41, 5.74) is 5.85. The van der Waals surface area contributed by atoms with Gasteiger partial charge in [-0.05, 0) is 44.9 Å². The molecule has 1 aliphatic heterocycles. The highest BCUT2D eigenvalue weighted by Gasteiger charge is 2.19. The number of ether oxygens (including phenoxy) is 1. The second kappa shape index (κ2) is 9.03. The number of amides is 2. The zero-order valence-corrected chi connectivity index (χ0v) is 16.6. The molecule has 2 amide bonds. The van der Waals surface area contributed by atoms with E-state index >= 15 is 0 Å². The quantitative estimate of drug-likeness (QED) is 0.457. The summed E-state index contributed by atoms with van der Waals surface area (Å²) < 4.78 is 7.42. The average Bonchev–Trinajstić information content (AvgIpc) is 3.29. The molecule has 7 nitrogen and oxygen atoms in total. The van der Waals surface area contributed by atoms with E-state index in [9.17, 15) is 9.59 Å². The fourth-order valence-electron chi connectivity index (χ4n) is 3.23. The molecule has 2 heterocycles. The van der Waals surface area contributed by atoms with E-state index in [2.05, 4.69) is 15.8 Å². The normalized spacial score (nSPS) is 16.5. The van der Waals surface area contributed by atoms with Crippen LogP contribution in [-0.4, -0.2) is 41.9 Å². The Labute approximate surface area is 168 Å². The van der Waals surface area contributed by atoms with Gasteiger partial charge in [0, 0.05) is 30.1 Å². The van der Waals surface area contributed by atoms with Crippen LogP contribution in [0.5, 0.6) is 0 Å². The number of benzene rings is 1. The number of nitrogens with zero attached hydrogens (tertiary/aromatic N) is 2. The highest BCUT2D eigenvalue weighted by Crippen LogP contribution is 2.25. The van der Waals surface area contributed by atoms with Crippen LogP contribution in [0.4, 0.5) is 0 Å².